The van der Waals surface area contributed by atoms with Crippen molar-refractivity contribution in [2.75, 3.05) is 79.7 Å². The summed E-state index contributed by atoms with van der Waals surface area (Å²) in [5, 5.41) is 67.4. The van der Waals surface area contributed by atoms with Gasteiger partial charge in [-0.3, -0.25) is 14.3 Å². The van der Waals surface area contributed by atoms with E-state index in [0.29, 0.717) is 24.3 Å². The molecule has 0 radical (unpaired) electrons. The van der Waals surface area contributed by atoms with Gasteiger partial charge in [0, 0.05) is 87.3 Å². The molecular formula is C56H91N5O19S. The summed E-state index contributed by atoms with van der Waals surface area (Å²) in [6.45, 7) is 17.1. The van der Waals surface area contributed by atoms with Crippen LogP contribution in [-0.4, -0.2) is 218 Å². The molecule has 25 heteroatoms. The number of hydrogen-bond acceptors (Lipinski definition) is 22. The van der Waals surface area contributed by atoms with Crippen molar-refractivity contribution in [3.8, 4) is 0 Å². The van der Waals surface area contributed by atoms with Crippen LogP contribution in [0.5, 0.6) is 0 Å². The standard InChI is InChI=1S/C56H91N5O19S/c1-17-41-56(10,70)47(64)32(4)43(58-74-29-71-15)30(2)26-54(8,69)48(79-52-45(63)40(59(11)12)24-31(3)75-52)33(5)46(34(6)51(67)77-41)78-42-27-55(9,72-16)49(35(7)76-42)80-53(68)57-20-21-73-22-23-81-36-18-19-39-37(25-36)44(62)38(50(65)66)28-61(39)60(13)14/h18-19,25,28,30-35,40-42,45-49,52,63-64,69-70H,17,20-24,26-27,29H2,1-16H3,(H,57,68)(H,65,66)/t30-,31-,32+,33+,34-,35+,40+,41-,42+,45-,46+,47-,48-,49+,52+,54-,55-,56-/m1/s1. The molecule has 5 rings (SSSR count). The summed E-state index contributed by atoms with van der Waals surface area (Å²) < 4.78 is 57.1. The van der Waals surface area contributed by atoms with Crippen molar-refractivity contribution in [3.63, 3.8) is 0 Å². The molecule has 1 aromatic heterocycles. The molecule has 3 saturated heterocycles. The third-order valence-electron chi connectivity index (χ3n) is 16.0. The number of esters is 1. The summed E-state index contributed by atoms with van der Waals surface area (Å²) in [5.41, 5.74) is -5.15. The Kier molecular flexibility index (Phi) is 24.2. The highest BCUT2D eigenvalue weighted by Crippen LogP contribution is 2.42. The van der Waals surface area contributed by atoms with E-state index < -0.39 is 119 Å². The molecule has 460 valence electrons. The van der Waals surface area contributed by atoms with Gasteiger partial charge in [0.15, 0.2) is 18.7 Å². The minimum Gasteiger partial charge on any atom is -0.477 e. The van der Waals surface area contributed by atoms with Crippen LogP contribution in [-0.2, 0) is 52.3 Å². The number of pyridine rings is 1. The predicted molar refractivity (Wildman–Crippen MR) is 301 cm³/mol. The number of oxime groups is 1. The topological polar surface area (TPSA) is 298 Å². The Morgan fingerprint density at radius 2 is 1.63 bits per heavy atom. The number of aliphatic hydroxyl groups is 4. The van der Waals surface area contributed by atoms with Crippen LogP contribution in [0.4, 0.5) is 4.79 Å². The van der Waals surface area contributed by atoms with E-state index >= 15 is 0 Å². The molecule has 4 heterocycles. The van der Waals surface area contributed by atoms with E-state index in [9.17, 15) is 44.7 Å². The Labute approximate surface area is 479 Å². The number of aromatic carboxylic acids is 1. The molecule has 1 aromatic carbocycles. The number of rotatable bonds is 20. The number of amides is 1. The molecule has 24 nitrogen and oxygen atoms in total. The fourth-order valence-corrected chi connectivity index (χ4v) is 12.3. The number of nitrogens with zero attached hydrogens (tertiary/aromatic N) is 4. The van der Waals surface area contributed by atoms with E-state index in [0.717, 1.165) is 4.90 Å². The van der Waals surface area contributed by atoms with E-state index in [4.69, 9.17) is 47.5 Å². The van der Waals surface area contributed by atoms with Crippen LogP contribution < -0.4 is 15.8 Å². The van der Waals surface area contributed by atoms with Crippen LogP contribution in [0.25, 0.3) is 10.9 Å². The van der Waals surface area contributed by atoms with Crippen molar-refractivity contribution in [3.05, 3.63) is 40.2 Å². The SMILES string of the molecule is CC[C@H]1OC(=O)[C@H](C)[C@@H](O[C@H]2C[C@@](C)(OC)[C@@H](OC(=O)NCCOCCSc3ccc4c(c3)c(=O)c(C(=O)O)cn4N(C)C)[C@H](C)O2)[C@H](C)[C@@H](O[C@@H]2O[C@H](C)C[C@H](N(C)C)[C@H]2O)[C@](C)(O)C[C@@H](C)C(=NOCOC)[C@H](C)[C@@H](O)[C@]1(C)O. The Morgan fingerprint density at radius 1 is 0.938 bits per heavy atom. The largest absolute Gasteiger partial charge is 0.477 e. The van der Waals surface area contributed by atoms with Gasteiger partial charge in [-0.05, 0) is 93.1 Å². The third kappa shape index (κ3) is 16.4. The smallest absolute Gasteiger partial charge is 0.407 e. The van der Waals surface area contributed by atoms with E-state index in [2.05, 4.69) is 10.5 Å². The summed E-state index contributed by atoms with van der Waals surface area (Å²) >= 11 is 1.42. The molecule has 0 bridgehead atoms. The monoisotopic (exact) mass is 1170 g/mol. The molecule has 0 spiro atoms. The second kappa shape index (κ2) is 29.0. The van der Waals surface area contributed by atoms with Crippen LogP contribution in [0.1, 0.15) is 105 Å². The zero-order valence-electron chi connectivity index (χ0n) is 50.0. The van der Waals surface area contributed by atoms with Crippen molar-refractivity contribution >= 4 is 46.4 Å². The summed E-state index contributed by atoms with van der Waals surface area (Å²) in [7, 11) is 10.1. The number of methoxy groups -OCH3 is 2. The van der Waals surface area contributed by atoms with E-state index in [-0.39, 0.29) is 68.0 Å². The number of aliphatic hydroxyl groups excluding tert-OH is 2. The minimum absolute atomic E-state index is 0.0234. The maximum Gasteiger partial charge on any atom is 0.407 e. The quantitative estimate of drug-likeness (QED) is 0.0360. The van der Waals surface area contributed by atoms with Crippen LogP contribution in [0, 0.1) is 23.7 Å². The number of benzene rings is 1. The lowest BCUT2D eigenvalue weighted by atomic mass is 9.73. The summed E-state index contributed by atoms with van der Waals surface area (Å²) in [6.07, 6.45) is -9.93. The number of carboxylic acid groups (broad SMARTS) is 1. The fourth-order valence-electron chi connectivity index (χ4n) is 11.5. The van der Waals surface area contributed by atoms with Gasteiger partial charge >= 0.3 is 18.0 Å². The van der Waals surface area contributed by atoms with Gasteiger partial charge < -0.3 is 88.2 Å². The molecule has 3 aliphatic heterocycles. The van der Waals surface area contributed by atoms with Gasteiger partial charge in [0.25, 0.3) is 0 Å². The summed E-state index contributed by atoms with van der Waals surface area (Å²) in [6, 6.07) is 4.90. The van der Waals surface area contributed by atoms with Crippen molar-refractivity contribution in [1.29, 1.82) is 0 Å². The van der Waals surface area contributed by atoms with Crippen molar-refractivity contribution in [1.82, 2.24) is 14.9 Å². The summed E-state index contributed by atoms with van der Waals surface area (Å²) in [5.74, 6) is -5.26. The van der Waals surface area contributed by atoms with Gasteiger partial charge in [-0.1, -0.05) is 32.9 Å². The van der Waals surface area contributed by atoms with Crippen LogP contribution in [0.3, 0.4) is 0 Å². The molecule has 0 saturated carbocycles. The molecule has 18 atom stereocenters. The molecule has 0 aliphatic carbocycles. The number of carbonyl (C=O) groups excluding carboxylic acids is 2. The Bertz CT molecular complexity index is 2500. The Morgan fingerprint density at radius 3 is 2.25 bits per heavy atom. The normalized spacial score (nSPS) is 36.0. The number of aromatic nitrogens is 1. The number of alkyl carbamates (subject to hydrolysis) is 1. The zero-order chi connectivity index (χ0) is 60.5. The van der Waals surface area contributed by atoms with Crippen molar-refractivity contribution in [2.24, 2.45) is 28.8 Å². The highest BCUT2D eigenvalue weighted by Gasteiger charge is 2.54. The Balaban J connectivity index is 1.34. The molecule has 0 unspecified atom stereocenters. The van der Waals surface area contributed by atoms with Crippen molar-refractivity contribution in [2.45, 2.75) is 184 Å². The highest BCUT2D eigenvalue weighted by molar-refractivity contribution is 7.99. The molecule has 2 aromatic rings. The third-order valence-corrected chi connectivity index (χ3v) is 17.0. The van der Waals surface area contributed by atoms with Gasteiger partial charge in [-0.25, -0.2) is 9.59 Å². The molecule has 3 fully saturated rings. The highest BCUT2D eigenvalue weighted by atomic mass is 32.2. The maximum absolute atomic E-state index is 14.6. The van der Waals surface area contributed by atoms with Crippen LogP contribution >= 0.6 is 11.8 Å². The molecule has 3 aliphatic rings. The number of fused-ring (bicyclic) bond motifs is 1. The van der Waals surface area contributed by atoms with Crippen LogP contribution in [0.2, 0.25) is 0 Å². The van der Waals surface area contributed by atoms with Gasteiger partial charge in [0.2, 0.25) is 12.2 Å². The molecule has 6 N–H and O–H groups in total. The van der Waals surface area contributed by atoms with Crippen molar-refractivity contribution < 1.29 is 87.4 Å². The molecular weight excluding hydrogens is 1080 g/mol. The van der Waals surface area contributed by atoms with Crippen LogP contribution in [0.15, 0.2) is 39.2 Å². The van der Waals surface area contributed by atoms with Gasteiger partial charge in [0.1, 0.15) is 29.0 Å². The Hall–Kier alpha value is -4.22. The maximum atomic E-state index is 14.6. The summed E-state index contributed by atoms with van der Waals surface area (Å²) in [4.78, 5) is 61.0. The number of cyclic esters (lactones) is 1. The second-order valence-corrected chi connectivity index (χ2v) is 24.1. The van der Waals surface area contributed by atoms with Gasteiger partial charge in [-0.2, -0.15) is 0 Å². The first-order valence-electron chi connectivity index (χ1n) is 27.7. The lowest BCUT2D eigenvalue weighted by Gasteiger charge is -2.49. The number of carboxylic acids is 1. The average molecular weight is 1170 g/mol. The van der Waals surface area contributed by atoms with E-state index in [1.165, 1.54) is 39.1 Å². The first-order chi connectivity index (χ1) is 37.9. The number of nitrogens with one attached hydrogen (secondary N) is 1. The first-order valence-corrected chi connectivity index (χ1v) is 28.7. The number of likely N-dealkylation sites (N-methyl/N-ethyl adjacent to an activating group) is 1. The second-order valence-electron chi connectivity index (χ2n) is 22.9. The predicted octanol–water partition coefficient (Wildman–Crippen LogP) is 3.95. The van der Waals surface area contributed by atoms with E-state index in [1.807, 2.05) is 32.0 Å². The zero-order valence-corrected chi connectivity index (χ0v) is 50.8. The minimum atomic E-state index is -2.02. The fraction of sp³-hybridized carbons (Fsp3) is 0.768. The number of ether oxygens (including phenoxy) is 9. The van der Waals surface area contributed by atoms with E-state index in [1.54, 1.807) is 91.3 Å². The van der Waals surface area contributed by atoms with Gasteiger partial charge in [0.05, 0.1) is 66.5 Å². The average Bonchev–Trinajstić information content (AvgIpc) is 3.40. The molecule has 81 heavy (non-hydrogen) atoms. The lowest BCUT2D eigenvalue weighted by molar-refractivity contribution is -0.317. The first kappa shape index (κ1) is 67.6. The lowest BCUT2D eigenvalue weighted by Crippen LogP contribution is -2.61. The number of hydrogen-bond donors (Lipinski definition) is 6. The number of carbonyl (C=O) groups is 3. The number of thioether (sulfide) groups is 1. The molecule has 1 amide bonds. The van der Waals surface area contributed by atoms with Gasteiger partial charge in [-0.15, -0.1) is 11.8 Å².